The number of carbonyl (C=O) groups is 2. The molecule has 0 aromatic carbocycles. The van der Waals surface area contributed by atoms with Gasteiger partial charge in [-0.3, -0.25) is 9.59 Å². The minimum Gasteiger partial charge on any atom is -0.466 e. The second-order valence-electron chi connectivity index (χ2n) is 28.1. The molecular weight excluding hydrogens is 1070 g/mol. The summed E-state index contributed by atoms with van der Waals surface area (Å²) in [5.41, 5.74) is 0. The van der Waals surface area contributed by atoms with E-state index in [2.05, 4.69) is 31.3 Å². The molecule has 0 aliphatic carbocycles. The number of aliphatic hydroxyl groups is 2. The molecule has 0 fully saturated rings. The lowest BCUT2D eigenvalue weighted by Gasteiger charge is -2.22. The van der Waals surface area contributed by atoms with Crippen molar-refractivity contribution in [3.05, 3.63) is 12.2 Å². The number of rotatable bonds is 77. The third-order valence-electron chi connectivity index (χ3n) is 19.3. The maximum Gasteiger partial charge on any atom is 0.305 e. The fraction of sp³-hybridized carbons (Fsp3) is 0.951. The van der Waals surface area contributed by atoms with Crippen molar-refractivity contribution in [1.29, 1.82) is 0 Å². The van der Waals surface area contributed by atoms with Crippen LogP contribution in [-0.2, 0) is 14.3 Å². The van der Waals surface area contributed by atoms with Crippen LogP contribution in [0.25, 0.3) is 0 Å². The molecule has 0 bridgehead atoms. The van der Waals surface area contributed by atoms with Crippen LogP contribution in [0, 0.1) is 0 Å². The predicted octanol–water partition coefficient (Wildman–Crippen LogP) is 26.7. The lowest BCUT2D eigenvalue weighted by molar-refractivity contribution is -0.143. The lowest BCUT2D eigenvalue weighted by Crippen LogP contribution is -2.45. The van der Waals surface area contributed by atoms with Gasteiger partial charge in [0.05, 0.1) is 25.4 Å². The standard InChI is InChI=1S/C81H159NO5/c1-3-5-7-9-11-13-15-17-19-21-38-41-45-49-53-57-61-65-69-73-79(84)78(77-83)82-80(85)74-70-66-62-58-54-50-46-42-39-36-34-32-30-28-26-24-23-25-27-29-31-33-35-37-40-44-48-52-56-60-64-68-72-76-87-81(86)75-71-67-63-59-55-51-47-43-22-20-18-16-14-12-10-8-6-4-2/h27,29,78-79,83-84H,3-26,28,30-77H2,1-2H3,(H,82,85)/b29-27-. The molecule has 3 N–H and O–H groups in total. The summed E-state index contributed by atoms with van der Waals surface area (Å²) in [5, 5.41) is 23.4. The summed E-state index contributed by atoms with van der Waals surface area (Å²) in [5.74, 6) is -0.00212. The maximum atomic E-state index is 12.6. The van der Waals surface area contributed by atoms with Crippen LogP contribution in [0.15, 0.2) is 12.2 Å². The normalized spacial score (nSPS) is 12.5. The van der Waals surface area contributed by atoms with Crippen molar-refractivity contribution in [2.45, 2.75) is 482 Å². The summed E-state index contributed by atoms with van der Waals surface area (Å²) in [7, 11) is 0. The van der Waals surface area contributed by atoms with Crippen LogP contribution in [0.2, 0.25) is 0 Å². The number of amides is 1. The van der Waals surface area contributed by atoms with Gasteiger partial charge in [0, 0.05) is 12.8 Å². The van der Waals surface area contributed by atoms with E-state index in [-0.39, 0.29) is 18.5 Å². The van der Waals surface area contributed by atoms with Crippen LogP contribution in [0.1, 0.15) is 470 Å². The van der Waals surface area contributed by atoms with E-state index in [9.17, 15) is 19.8 Å². The third kappa shape index (κ3) is 73.5. The lowest BCUT2D eigenvalue weighted by atomic mass is 10.0. The first-order valence-electron chi connectivity index (χ1n) is 40.4. The van der Waals surface area contributed by atoms with E-state index in [0.29, 0.717) is 25.9 Å². The molecule has 2 atom stereocenters. The van der Waals surface area contributed by atoms with Gasteiger partial charge in [-0.1, -0.05) is 418 Å². The van der Waals surface area contributed by atoms with Gasteiger partial charge in [-0.25, -0.2) is 0 Å². The molecular formula is C81H159NO5. The Bertz CT molecular complexity index is 1320. The van der Waals surface area contributed by atoms with E-state index in [1.807, 2.05) is 0 Å². The average Bonchev–Trinajstić information content (AvgIpc) is 3.59. The quantitative estimate of drug-likeness (QED) is 0.0320. The van der Waals surface area contributed by atoms with Gasteiger partial charge < -0.3 is 20.3 Å². The van der Waals surface area contributed by atoms with Gasteiger partial charge >= 0.3 is 5.97 Å². The van der Waals surface area contributed by atoms with Crippen LogP contribution >= 0.6 is 0 Å². The van der Waals surface area contributed by atoms with Gasteiger partial charge in [0.2, 0.25) is 5.91 Å². The fourth-order valence-electron chi connectivity index (χ4n) is 13.2. The molecule has 1 amide bonds. The van der Waals surface area contributed by atoms with Gasteiger partial charge in [-0.05, 0) is 51.4 Å². The molecule has 0 aliphatic heterocycles. The number of ether oxygens (including phenoxy) is 1. The Hall–Kier alpha value is -1.40. The molecule has 0 saturated carbocycles. The molecule has 0 aliphatic rings. The van der Waals surface area contributed by atoms with Crippen molar-refractivity contribution in [1.82, 2.24) is 5.32 Å². The van der Waals surface area contributed by atoms with Crippen molar-refractivity contribution in [2.75, 3.05) is 13.2 Å². The number of allylic oxidation sites excluding steroid dienone is 2. The summed E-state index contributed by atoms with van der Waals surface area (Å²) in [4.78, 5) is 24.7. The number of hydrogen-bond acceptors (Lipinski definition) is 5. The Morgan fingerprint density at radius 2 is 0.540 bits per heavy atom. The average molecular weight is 1230 g/mol. The number of carbonyl (C=O) groups excluding carboxylic acids is 2. The van der Waals surface area contributed by atoms with Crippen molar-refractivity contribution in [2.24, 2.45) is 0 Å². The monoisotopic (exact) mass is 1230 g/mol. The van der Waals surface area contributed by atoms with E-state index in [0.717, 1.165) is 38.5 Å². The highest BCUT2D eigenvalue weighted by Gasteiger charge is 2.20. The van der Waals surface area contributed by atoms with Crippen molar-refractivity contribution in [3.63, 3.8) is 0 Å². The maximum absolute atomic E-state index is 12.6. The van der Waals surface area contributed by atoms with Crippen molar-refractivity contribution >= 4 is 11.9 Å². The summed E-state index contributed by atoms with van der Waals surface area (Å²) < 4.78 is 5.52. The summed E-state index contributed by atoms with van der Waals surface area (Å²) in [6.45, 7) is 5.02. The first-order chi connectivity index (χ1) is 43.0. The third-order valence-corrected chi connectivity index (χ3v) is 19.3. The van der Waals surface area contributed by atoms with Crippen LogP contribution in [0.3, 0.4) is 0 Å². The van der Waals surface area contributed by atoms with E-state index in [4.69, 9.17) is 4.74 Å². The Balaban J connectivity index is 3.33. The molecule has 518 valence electrons. The molecule has 0 saturated heterocycles. The van der Waals surface area contributed by atoms with E-state index >= 15 is 0 Å². The zero-order valence-electron chi connectivity index (χ0n) is 59.5. The smallest absolute Gasteiger partial charge is 0.305 e. The Morgan fingerprint density at radius 3 is 0.816 bits per heavy atom. The van der Waals surface area contributed by atoms with Crippen LogP contribution in [-0.4, -0.2) is 47.4 Å². The van der Waals surface area contributed by atoms with Gasteiger partial charge in [-0.15, -0.1) is 0 Å². The number of hydrogen-bond donors (Lipinski definition) is 3. The minimum atomic E-state index is -0.662. The number of nitrogens with one attached hydrogen (secondary N) is 1. The number of esters is 1. The van der Waals surface area contributed by atoms with Gasteiger partial charge in [0.1, 0.15) is 0 Å². The summed E-state index contributed by atoms with van der Waals surface area (Å²) in [6, 6.07) is -0.539. The van der Waals surface area contributed by atoms with Crippen LogP contribution in [0.4, 0.5) is 0 Å². The van der Waals surface area contributed by atoms with Gasteiger partial charge in [0.25, 0.3) is 0 Å². The number of unbranched alkanes of at least 4 members (excludes halogenated alkanes) is 64. The predicted molar refractivity (Wildman–Crippen MR) is 384 cm³/mol. The Morgan fingerprint density at radius 1 is 0.310 bits per heavy atom. The molecule has 6 nitrogen and oxygen atoms in total. The summed E-state index contributed by atoms with van der Waals surface area (Å²) >= 11 is 0. The molecule has 87 heavy (non-hydrogen) atoms. The highest BCUT2D eigenvalue weighted by molar-refractivity contribution is 5.76. The molecule has 0 rings (SSSR count). The highest BCUT2D eigenvalue weighted by Crippen LogP contribution is 2.20. The molecule has 0 aromatic rings. The minimum absolute atomic E-state index is 0.0245. The van der Waals surface area contributed by atoms with Crippen LogP contribution < -0.4 is 5.32 Å². The highest BCUT2D eigenvalue weighted by atomic mass is 16.5. The van der Waals surface area contributed by atoms with Crippen molar-refractivity contribution in [3.8, 4) is 0 Å². The fourth-order valence-corrected chi connectivity index (χ4v) is 13.2. The molecule has 0 radical (unpaired) electrons. The number of aliphatic hydroxyl groups excluding tert-OH is 2. The first-order valence-corrected chi connectivity index (χ1v) is 40.4. The molecule has 0 aromatic heterocycles. The second-order valence-corrected chi connectivity index (χ2v) is 28.1. The Kier molecular flexibility index (Phi) is 75.8. The summed E-state index contributed by atoms with van der Waals surface area (Å²) in [6.07, 6.45) is 97.4. The second kappa shape index (κ2) is 77.1. The zero-order valence-corrected chi connectivity index (χ0v) is 59.5. The zero-order chi connectivity index (χ0) is 62.8. The topological polar surface area (TPSA) is 95.9 Å². The van der Waals surface area contributed by atoms with Gasteiger partial charge in [0.15, 0.2) is 0 Å². The van der Waals surface area contributed by atoms with Crippen molar-refractivity contribution < 1.29 is 24.5 Å². The van der Waals surface area contributed by atoms with E-state index in [1.165, 1.54) is 398 Å². The first kappa shape index (κ1) is 85.6. The Labute approximate surface area is 546 Å². The molecule has 2 unspecified atom stereocenters. The van der Waals surface area contributed by atoms with Gasteiger partial charge in [-0.2, -0.15) is 0 Å². The van der Waals surface area contributed by atoms with E-state index in [1.54, 1.807) is 0 Å². The molecule has 0 heterocycles. The largest absolute Gasteiger partial charge is 0.466 e. The molecule has 0 spiro atoms. The van der Waals surface area contributed by atoms with Crippen LogP contribution in [0.5, 0.6) is 0 Å². The molecule has 6 heteroatoms. The SMILES string of the molecule is CCCCCCCCCCCCCCCCCCCCCC(O)C(CO)NC(=O)CCCCCCCCCCCCCCCCCCC/C=C\CCCCCCCCCCCCCCOC(=O)CCCCCCCCCCCCCCCCCCCC. The van der Waals surface area contributed by atoms with E-state index < -0.39 is 12.1 Å².